The van der Waals surface area contributed by atoms with Crippen molar-refractivity contribution in [3.05, 3.63) is 120 Å². The van der Waals surface area contributed by atoms with Crippen molar-refractivity contribution in [3.63, 3.8) is 0 Å². The van der Waals surface area contributed by atoms with Crippen molar-refractivity contribution in [1.29, 1.82) is 0 Å². The highest BCUT2D eigenvalue weighted by Gasteiger charge is 2.35. The van der Waals surface area contributed by atoms with Gasteiger partial charge in [0.15, 0.2) is 0 Å². The highest BCUT2D eigenvalue weighted by atomic mass is 35.5. The summed E-state index contributed by atoms with van der Waals surface area (Å²) in [6.45, 7) is 3.13. The minimum Gasteiger partial charge on any atom is -0.465 e. The molecule has 0 amide bonds. The second-order valence-corrected chi connectivity index (χ2v) is 17.6. The molecule has 0 spiro atoms. The van der Waals surface area contributed by atoms with Gasteiger partial charge in [-0.1, -0.05) is 36.4 Å². The molecule has 0 atom stereocenters. The van der Waals surface area contributed by atoms with Crippen LogP contribution in [0.25, 0.3) is 0 Å². The molecule has 1 N–H and O–H groups in total. The lowest BCUT2D eigenvalue weighted by Crippen LogP contribution is -2.44. The Morgan fingerprint density at radius 1 is 0.661 bits per heavy atom. The number of carbonyl (C=O) groups is 2. The number of likely N-dealkylation sites (tertiary alicyclic amines) is 1. The van der Waals surface area contributed by atoms with Gasteiger partial charge in [-0.3, -0.25) is 18.6 Å². The Kier molecular flexibility index (Phi) is 16.2. The van der Waals surface area contributed by atoms with Crippen LogP contribution in [0.1, 0.15) is 57.8 Å². The molecular weight excluding hydrogens is 780 g/mol. The fourth-order valence-electron chi connectivity index (χ4n) is 6.39. The lowest BCUT2D eigenvalue weighted by molar-refractivity contribution is 0.0591. The number of hydrogen-bond donors (Lipinski definition) is 1. The second-order valence-electron chi connectivity index (χ2n) is 13.3. The molecule has 4 aromatic rings. The number of aromatic nitrogens is 2. The number of halogens is 1. The number of esters is 2. The van der Waals surface area contributed by atoms with Gasteiger partial charge >= 0.3 is 11.9 Å². The van der Waals surface area contributed by atoms with Gasteiger partial charge in [-0.25, -0.2) is 26.4 Å². The van der Waals surface area contributed by atoms with E-state index in [-0.39, 0.29) is 25.5 Å². The quantitative estimate of drug-likeness (QED) is 0.196. The zero-order valence-electron chi connectivity index (χ0n) is 31.7. The van der Waals surface area contributed by atoms with E-state index in [1.165, 1.54) is 35.2 Å². The normalized spacial score (nSPS) is 15.3. The fourth-order valence-corrected chi connectivity index (χ4v) is 10.2. The summed E-state index contributed by atoms with van der Waals surface area (Å²) < 4.78 is 65.7. The van der Waals surface area contributed by atoms with E-state index >= 15 is 0 Å². The van der Waals surface area contributed by atoms with Crippen molar-refractivity contribution in [3.8, 4) is 0 Å². The molecule has 302 valence electrons. The summed E-state index contributed by atoms with van der Waals surface area (Å²) in [7, 11) is -2.48. The summed E-state index contributed by atoms with van der Waals surface area (Å²) in [6.07, 6.45) is 5.20. The van der Waals surface area contributed by atoms with Gasteiger partial charge in [0.2, 0.25) is 20.0 Å². The van der Waals surface area contributed by atoms with Crippen molar-refractivity contribution in [1.82, 2.24) is 20.2 Å². The minimum atomic E-state index is -3.55. The predicted molar refractivity (Wildman–Crippen MR) is 218 cm³/mol. The average molecular weight is 829 g/mol. The Balaban J connectivity index is 0.000000244. The van der Waals surface area contributed by atoms with Crippen LogP contribution in [0.15, 0.2) is 97.3 Å². The van der Waals surface area contributed by atoms with Crippen LogP contribution in [-0.2, 0) is 42.6 Å². The third-order valence-electron chi connectivity index (χ3n) is 9.60. The Morgan fingerprint density at radius 3 is 1.41 bits per heavy atom. The molecule has 0 bridgehead atoms. The Morgan fingerprint density at radius 2 is 1.05 bits per heavy atom. The summed E-state index contributed by atoms with van der Waals surface area (Å²) in [5, 5.41) is 2.36. The number of anilines is 2. The summed E-state index contributed by atoms with van der Waals surface area (Å²) in [5.74, 6) is -0.950. The number of piperidine rings is 2. The van der Waals surface area contributed by atoms with E-state index in [4.69, 9.17) is 0 Å². The number of nitrogens with zero attached hydrogens (tertiary/aromatic N) is 5. The van der Waals surface area contributed by atoms with Gasteiger partial charge in [0.1, 0.15) is 0 Å². The first kappa shape index (κ1) is 44.1. The van der Waals surface area contributed by atoms with Gasteiger partial charge in [-0.2, -0.15) is 0 Å². The second kappa shape index (κ2) is 20.5. The maximum atomic E-state index is 13.4. The van der Waals surface area contributed by atoms with Crippen molar-refractivity contribution < 1.29 is 35.9 Å². The van der Waals surface area contributed by atoms with Crippen LogP contribution in [0, 0.1) is 0 Å². The molecule has 2 aromatic heterocycles. The standard InChI is InChI=1S/C20H25N3O4S.C19H23N3O4S.ClH/c1-22-12-10-19(11-13-22)28(25,26)23(18-6-4-3-5-7-18)15-17-9-8-16(14-21-17)20(24)27-2;1-26-19(23)15-7-8-16(21-13-15)14-22(17-5-3-2-4-6-17)27(24,25)18-9-11-20-12-10-18;/h3-9,14,19H,10-13,15H2,1-2H3;2-8,13,18,20H,9-12,14H2,1H3;1H. The number of para-hydroxylation sites is 2. The van der Waals surface area contributed by atoms with Crippen molar-refractivity contribution >= 4 is 55.8 Å². The molecule has 14 nitrogen and oxygen atoms in total. The highest BCUT2D eigenvalue weighted by molar-refractivity contribution is 7.93. The molecule has 17 heteroatoms. The molecule has 56 heavy (non-hydrogen) atoms. The summed E-state index contributed by atoms with van der Waals surface area (Å²) >= 11 is 0. The van der Waals surface area contributed by atoms with Gasteiger partial charge < -0.3 is 19.7 Å². The molecular formula is C39H49ClN6O8S2. The molecule has 0 saturated carbocycles. The first-order chi connectivity index (χ1) is 26.4. The number of benzene rings is 2. The zero-order chi connectivity index (χ0) is 39.4. The highest BCUT2D eigenvalue weighted by Crippen LogP contribution is 2.28. The first-order valence-electron chi connectivity index (χ1n) is 18.0. The van der Waals surface area contributed by atoms with Gasteiger partial charge in [0, 0.05) is 12.4 Å². The van der Waals surface area contributed by atoms with Crippen LogP contribution < -0.4 is 13.9 Å². The maximum absolute atomic E-state index is 13.4. The van der Waals surface area contributed by atoms with Gasteiger partial charge in [0.05, 0.1) is 71.7 Å². The number of methoxy groups -OCH3 is 2. The smallest absolute Gasteiger partial charge is 0.339 e. The van der Waals surface area contributed by atoms with Crippen molar-refractivity contribution in [2.45, 2.75) is 49.3 Å². The molecule has 0 unspecified atom stereocenters. The van der Waals surface area contributed by atoms with Crippen LogP contribution in [0.2, 0.25) is 0 Å². The van der Waals surface area contributed by atoms with Crippen LogP contribution in [-0.4, -0.2) is 102 Å². The van der Waals surface area contributed by atoms with Crippen LogP contribution >= 0.6 is 12.4 Å². The number of rotatable bonds is 12. The Labute approximate surface area is 335 Å². The van der Waals surface area contributed by atoms with E-state index in [0.29, 0.717) is 72.7 Å². The predicted octanol–water partition coefficient (Wildman–Crippen LogP) is 4.68. The van der Waals surface area contributed by atoms with Gasteiger partial charge in [0.25, 0.3) is 0 Å². The lowest BCUT2D eigenvalue weighted by Gasteiger charge is -2.33. The van der Waals surface area contributed by atoms with E-state index in [1.54, 1.807) is 48.5 Å². The largest absolute Gasteiger partial charge is 0.465 e. The molecule has 2 fully saturated rings. The minimum absolute atomic E-state index is 0. The molecule has 4 heterocycles. The van der Waals surface area contributed by atoms with Crippen LogP contribution in [0.4, 0.5) is 11.4 Å². The summed E-state index contributed by atoms with van der Waals surface area (Å²) in [5.41, 5.74) is 3.00. The molecule has 0 radical (unpaired) electrons. The maximum Gasteiger partial charge on any atom is 0.339 e. The van der Waals surface area contributed by atoms with E-state index < -0.39 is 42.5 Å². The SMILES string of the molecule is COC(=O)c1ccc(CN(c2ccccc2)S(=O)(=O)C2CCN(C)CC2)nc1.COC(=O)c1ccc(CN(c2ccccc2)S(=O)(=O)C2CCNCC2)nc1.Cl. The van der Waals surface area contributed by atoms with Gasteiger partial charge in [-0.05, 0) is 107 Å². The monoisotopic (exact) mass is 828 g/mol. The number of carbonyl (C=O) groups excluding carboxylic acids is 2. The number of ether oxygens (including phenoxy) is 2. The number of sulfonamides is 2. The molecule has 2 aliphatic heterocycles. The molecule has 6 rings (SSSR count). The van der Waals surface area contributed by atoms with Crippen LogP contribution in [0.5, 0.6) is 0 Å². The topological polar surface area (TPSA) is 168 Å². The average Bonchev–Trinajstić information content (AvgIpc) is 3.23. The molecule has 0 aliphatic carbocycles. The zero-order valence-corrected chi connectivity index (χ0v) is 34.1. The summed E-state index contributed by atoms with van der Waals surface area (Å²) in [6, 6.07) is 24.6. The van der Waals surface area contributed by atoms with E-state index in [2.05, 4.69) is 29.7 Å². The van der Waals surface area contributed by atoms with Crippen LogP contribution in [0.3, 0.4) is 0 Å². The van der Waals surface area contributed by atoms with E-state index in [1.807, 2.05) is 43.4 Å². The number of hydrogen-bond acceptors (Lipinski definition) is 12. The van der Waals surface area contributed by atoms with Crippen molar-refractivity contribution in [2.24, 2.45) is 0 Å². The van der Waals surface area contributed by atoms with E-state index in [0.717, 1.165) is 13.1 Å². The lowest BCUT2D eigenvalue weighted by atomic mass is 10.1. The Bertz CT molecular complexity index is 2070. The Hall–Kier alpha value is -4.61. The third kappa shape index (κ3) is 11.3. The van der Waals surface area contributed by atoms with Gasteiger partial charge in [-0.15, -0.1) is 12.4 Å². The molecule has 2 aliphatic rings. The van der Waals surface area contributed by atoms with E-state index in [9.17, 15) is 26.4 Å². The first-order valence-corrected chi connectivity index (χ1v) is 21.0. The third-order valence-corrected chi connectivity index (χ3v) is 14.1. The summed E-state index contributed by atoms with van der Waals surface area (Å²) in [4.78, 5) is 33.8. The fraction of sp³-hybridized carbons (Fsp3) is 0.385. The molecule has 2 aromatic carbocycles. The van der Waals surface area contributed by atoms with Crippen molar-refractivity contribution in [2.75, 3.05) is 56.1 Å². The number of pyridine rings is 2. The molecule has 2 saturated heterocycles. The number of nitrogens with one attached hydrogen (secondary N) is 1.